The molecule has 0 aromatic carbocycles. The van der Waals surface area contributed by atoms with Crippen molar-refractivity contribution >= 4 is 0 Å². The van der Waals surface area contributed by atoms with E-state index < -0.39 is 0 Å². The molecule has 0 saturated carbocycles. The molecule has 0 aliphatic heterocycles. The van der Waals surface area contributed by atoms with Crippen LogP contribution in [-0.2, 0) is 6.54 Å². The van der Waals surface area contributed by atoms with E-state index in [0.29, 0.717) is 6.54 Å². The van der Waals surface area contributed by atoms with Gasteiger partial charge in [-0.25, -0.2) is 0 Å². The van der Waals surface area contributed by atoms with Crippen LogP contribution < -0.4 is 0 Å². The summed E-state index contributed by atoms with van der Waals surface area (Å²) in [5, 5.41) is 3.85. The van der Waals surface area contributed by atoms with E-state index >= 15 is 0 Å². The van der Waals surface area contributed by atoms with Crippen molar-refractivity contribution in [3.63, 3.8) is 0 Å². The molecule has 45 valence electrons. The van der Waals surface area contributed by atoms with Crippen molar-refractivity contribution in [1.29, 1.82) is 0 Å². The van der Waals surface area contributed by atoms with E-state index in [9.17, 15) is 0 Å². The summed E-state index contributed by atoms with van der Waals surface area (Å²) in [5.74, 6) is 2.48. The van der Waals surface area contributed by atoms with Crippen molar-refractivity contribution in [2.75, 3.05) is 0 Å². The molecule has 1 aromatic heterocycles. The summed E-state index contributed by atoms with van der Waals surface area (Å²) in [6, 6.07) is 0. The van der Waals surface area contributed by atoms with Crippen LogP contribution in [0.15, 0.2) is 6.20 Å². The fraction of sp³-hybridized carbons (Fsp3) is 0.286. The number of rotatable bonds is 1. The molecule has 0 bridgehead atoms. The Kier molecular flexibility index (Phi) is 1.55. The lowest BCUT2D eigenvalue weighted by Crippen LogP contribution is -1.93. The number of hydrogen-bond acceptors (Lipinski definition) is 1. The molecule has 0 fully saturated rings. The molecule has 2 heteroatoms. The van der Waals surface area contributed by atoms with E-state index in [2.05, 4.69) is 17.2 Å². The summed E-state index contributed by atoms with van der Waals surface area (Å²) in [4.78, 5) is 0. The first-order valence-corrected chi connectivity index (χ1v) is 2.68. The average Bonchev–Trinajstić information content (AvgIpc) is 2.17. The average molecular weight is 119 g/mol. The Morgan fingerprint density at radius 3 is 3.22 bits per heavy atom. The largest absolute Gasteiger partial charge is 0.260 e. The summed E-state index contributed by atoms with van der Waals surface area (Å²) in [7, 11) is 0. The molecule has 0 aliphatic carbocycles. The third-order valence-corrected chi connectivity index (χ3v) is 0.951. The number of aryl methyl sites for hydroxylation is 1. The molecular formula is C7H7N2. The van der Waals surface area contributed by atoms with Crippen LogP contribution >= 0.6 is 0 Å². The molecule has 0 atom stereocenters. The summed E-state index contributed by atoms with van der Waals surface area (Å²) in [6.45, 7) is 2.46. The fourth-order valence-electron chi connectivity index (χ4n) is 0.599. The molecule has 0 unspecified atom stereocenters. The zero-order valence-electron chi connectivity index (χ0n) is 5.26. The Hall–Kier alpha value is -1.23. The number of aromatic nitrogens is 2. The first-order chi connectivity index (χ1) is 4.33. The Morgan fingerprint density at radius 2 is 2.78 bits per heavy atom. The normalized spacial score (nSPS) is 8.89. The molecule has 0 aliphatic rings. The first-order valence-electron chi connectivity index (χ1n) is 2.68. The SMILES string of the molecule is C#CCn1cc(C)[c]n1. The second-order valence-electron chi connectivity index (χ2n) is 1.83. The highest BCUT2D eigenvalue weighted by Crippen LogP contribution is 1.90. The lowest BCUT2D eigenvalue weighted by Gasteiger charge is -1.87. The smallest absolute Gasteiger partial charge is 0.116 e. The molecule has 0 N–H and O–H groups in total. The number of hydrogen-bond donors (Lipinski definition) is 0. The molecule has 1 radical (unpaired) electrons. The lowest BCUT2D eigenvalue weighted by atomic mass is 10.4. The van der Waals surface area contributed by atoms with Gasteiger partial charge < -0.3 is 0 Å². The summed E-state index contributed by atoms with van der Waals surface area (Å²) < 4.78 is 1.68. The van der Waals surface area contributed by atoms with Gasteiger partial charge in [0.25, 0.3) is 0 Å². The molecule has 2 nitrogen and oxygen atoms in total. The minimum absolute atomic E-state index is 0.532. The van der Waals surface area contributed by atoms with Crippen molar-refractivity contribution in [3.8, 4) is 12.3 Å². The zero-order chi connectivity index (χ0) is 6.69. The second kappa shape index (κ2) is 2.36. The van der Waals surface area contributed by atoms with E-state index in [-0.39, 0.29) is 0 Å². The minimum atomic E-state index is 0.532. The van der Waals surface area contributed by atoms with Crippen LogP contribution in [0.5, 0.6) is 0 Å². The van der Waals surface area contributed by atoms with Gasteiger partial charge in [0.05, 0.1) is 0 Å². The van der Waals surface area contributed by atoms with E-state index in [1.807, 2.05) is 13.1 Å². The van der Waals surface area contributed by atoms with E-state index in [1.165, 1.54) is 0 Å². The monoisotopic (exact) mass is 119 g/mol. The van der Waals surface area contributed by atoms with Crippen LogP contribution in [0.2, 0.25) is 0 Å². The van der Waals surface area contributed by atoms with Crippen LogP contribution in [0.3, 0.4) is 0 Å². The maximum Gasteiger partial charge on any atom is 0.116 e. The van der Waals surface area contributed by atoms with Gasteiger partial charge in [0.1, 0.15) is 12.7 Å². The molecular weight excluding hydrogens is 112 g/mol. The van der Waals surface area contributed by atoms with Crippen LogP contribution in [-0.4, -0.2) is 9.78 Å². The molecule has 0 spiro atoms. The molecule has 1 aromatic rings. The Bertz CT molecular complexity index is 229. The van der Waals surface area contributed by atoms with Gasteiger partial charge in [-0.2, -0.15) is 5.10 Å². The maximum absolute atomic E-state index is 5.05. The van der Waals surface area contributed by atoms with E-state index in [4.69, 9.17) is 6.42 Å². The van der Waals surface area contributed by atoms with Gasteiger partial charge in [-0.15, -0.1) is 6.42 Å². The van der Waals surface area contributed by atoms with Gasteiger partial charge in [0, 0.05) is 6.20 Å². The van der Waals surface area contributed by atoms with Crippen LogP contribution in [0.25, 0.3) is 0 Å². The topological polar surface area (TPSA) is 17.8 Å². The third-order valence-electron chi connectivity index (χ3n) is 0.951. The third kappa shape index (κ3) is 1.33. The Labute approximate surface area is 54.5 Å². The second-order valence-corrected chi connectivity index (χ2v) is 1.83. The van der Waals surface area contributed by atoms with Gasteiger partial charge in [-0.05, 0) is 12.5 Å². The maximum atomic E-state index is 5.05. The van der Waals surface area contributed by atoms with Gasteiger partial charge in [0.15, 0.2) is 0 Å². The van der Waals surface area contributed by atoms with E-state index in [1.54, 1.807) is 4.68 Å². The lowest BCUT2D eigenvalue weighted by molar-refractivity contribution is 0.713. The van der Waals surface area contributed by atoms with Crippen molar-refractivity contribution in [3.05, 3.63) is 18.0 Å². The van der Waals surface area contributed by atoms with Crippen LogP contribution in [0.4, 0.5) is 0 Å². The highest BCUT2D eigenvalue weighted by molar-refractivity contribution is 4.99. The highest BCUT2D eigenvalue weighted by Gasteiger charge is 1.88. The standard InChI is InChI=1S/C7H7N2/c1-3-4-9-6-7(2)5-8-9/h1,6H,4H2,2H3. The summed E-state index contributed by atoms with van der Waals surface area (Å²) in [6.07, 6.45) is 9.68. The van der Waals surface area contributed by atoms with Gasteiger partial charge in [0.2, 0.25) is 0 Å². The Balaban J connectivity index is 2.76. The predicted molar refractivity (Wildman–Crippen MR) is 34.6 cm³/mol. The van der Waals surface area contributed by atoms with Crippen LogP contribution in [0, 0.1) is 25.5 Å². The van der Waals surface area contributed by atoms with Crippen molar-refractivity contribution in [1.82, 2.24) is 9.78 Å². The zero-order valence-corrected chi connectivity index (χ0v) is 5.26. The van der Waals surface area contributed by atoms with Crippen LogP contribution in [0.1, 0.15) is 5.56 Å². The fourth-order valence-corrected chi connectivity index (χ4v) is 0.599. The van der Waals surface area contributed by atoms with Crippen molar-refractivity contribution in [2.45, 2.75) is 13.5 Å². The quantitative estimate of drug-likeness (QED) is 0.496. The van der Waals surface area contributed by atoms with Gasteiger partial charge >= 0.3 is 0 Å². The van der Waals surface area contributed by atoms with Crippen molar-refractivity contribution < 1.29 is 0 Å². The molecule has 1 heterocycles. The first kappa shape index (κ1) is 5.90. The Morgan fingerprint density at radius 1 is 2.00 bits per heavy atom. The molecule has 0 saturated heterocycles. The van der Waals surface area contributed by atoms with Crippen molar-refractivity contribution in [2.24, 2.45) is 0 Å². The predicted octanol–water partition coefficient (Wildman–Crippen LogP) is 0.625. The van der Waals surface area contributed by atoms with E-state index in [0.717, 1.165) is 5.56 Å². The number of terminal acetylenes is 1. The molecule has 0 amide bonds. The van der Waals surface area contributed by atoms with Gasteiger partial charge in [-0.1, -0.05) is 5.92 Å². The molecule has 9 heavy (non-hydrogen) atoms. The summed E-state index contributed by atoms with van der Waals surface area (Å²) in [5.41, 5.74) is 1.02. The number of nitrogens with zero attached hydrogens (tertiary/aromatic N) is 2. The minimum Gasteiger partial charge on any atom is -0.260 e. The van der Waals surface area contributed by atoms with Gasteiger partial charge in [-0.3, -0.25) is 4.68 Å². The highest BCUT2D eigenvalue weighted by atomic mass is 15.3. The summed E-state index contributed by atoms with van der Waals surface area (Å²) >= 11 is 0. The molecule has 1 rings (SSSR count).